The van der Waals surface area contributed by atoms with Crippen molar-refractivity contribution in [3.63, 3.8) is 0 Å². The first kappa shape index (κ1) is 15.9. The maximum absolute atomic E-state index is 12.5. The Morgan fingerprint density at radius 3 is 3.00 bits per heavy atom. The fourth-order valence-electron chi connectivity index (χ4n) is 2.95. The second-order valence-corrected chi connectivity index (χ2v) is 5.47. The standard InChI is InChI=1S/C16H20N2O2.ClH/c1-17-10-12-5-4-8-18(11-12)16(19)15-9-13-6-2-3-7-14(13)20-15;/h2-3,6-7,9,12,17H,4-5,8,10-11H2,1H3;1H. The van der Waals surface area contributed by atoms with E-state index in [2.05, 4.69) is 5.32 Å². The van der Waals surface area contributed by atoms with Crippen molar-refractivity contribution in [3.05, 3.63) is 36.1 Å². The summed E-state index contributed by atoms with van der Waals surface area (Å²) in [5.41, 5.74) is 0.777. The molecule has 1 amide bonds. The first-order chi connectivity index (χ1) is 9.78. The van der Waals surface area contributed by atoms with Crippen molar-refractivity contribution in [2.45, 2.75) is 12.8 Å². The monoisotopic (exact) mass is 308 g/mol. The number of amides is 1. The summed E-state index contributed by atoms with van der Waals surface area (Å²) in [5, 5.41) is 4.18. The van der Waals surface area contributed by atoms with Gasteiger partial charge >= 0.3 is 0 Å². The Hall–Kier alpha value is -1.52. The molecule has 1 fully saturated rings. The SMILES string of the molecule is CNCC1CCCN(C(=O)c2cc3ccccc3o2)C1.Cl. The summed E-state index contributed by atoms with van der Waals surface area (Å²) >= 11 is 0. The van der Waals surface area contributed by atoms with Crippen molar-refractivity contribution < 1.29 is 9.21 Å². The number of hydrogen-bond donors (Lipinski definition) is 1. The van der Waals surface area contributed by atoms with Crippen LogP contribution in [-0.4, -0.2) is 37.5 Å². The van der Waals surface area contributed by atoms with E-state index < -0.39 is 0 Å². The minimum Gasteiger partial charge on any atom is -0.451 e. The van der Waals surface area contributed by atoms with Gasteiger partial charge in [-0.15, -0.1) is 12.4 Å². The van der Waals surface area contributed by atoms with Gasteiger partial charge in [-0.1, -0.05) is 18.2 Å². The predicted molar refractivity (Wildman–Crippen MR) is 86.0 cm³/mol. The molecule has 1 aliphatic rings. The minimum absolute atomic E-state index is 0. The summed E-state index contributed by atoms with van der Waals surface area (Å²) in [6.45, 7) is 2.61. The van der Waals surface area contributed by atoms with Crippen LogP contribution >= 0.6 is 12.4 Å². The molecule has 4 nitrogen and oxygen atoms in total. The Labute approximate surface area is 130 Å². The normalized spacial score (nSPS) is 18.5. The molecule has 3 rings (SSSR count). The van der Waals surface area contributed by atoms with Gasteiger partial charge in [-0.3, -0.25) is 4.79 Å². The molecule has 114 valence electrons. The van der Waals surface area contributed by atoms with Crippen LogP contribution in [0.4, 0.5) is 0 Å². The molecule has 0 radical (unpaired) electrons. The van der Waals surface area contributed by atoms with Crippen LogP contribution < -0.4 is 5.32 Å². The number of para-hydroxylation sites is 1. The number of furan rings is 1. The lowest BCUT2D eigenvalue weighted by Gasteiger charge is -2.32. The zero-order valence-corrected chi connectivity index (χ0v) is 13.0. The number of carbonyl (C=O) groups excluding carboxylic acids is 1. The first-order valence-corrected chi connectivity index (χ1v) is 7.20. The van der Waals surface area contributed by atoms with Gasteiger partial charge in [-0.2, -0.15) is 0 Å². The maximum atomic E-state index is 12.5. The lowest BCUT2D eigenvalue weighted by Crippen LogP contribution is -2.42. The van der Waals surface area contributed by atoms with E-state index in [0.29, 0.717) is 11.7 Å². The quantitative estimate of drug-likeness (QED) is 0.948. The smallest absolute Gasteiger partial charge is 0.289 e. The molecule has 0 aliphatic carbocycles. The highest BCUT2D eigenvalue weighted by Crippen LogP contribution is 2.22. The second-order valence-electron chi connectivity index (χ2n) is 5.47. The van der Waals surface area contributed by atoms with Gasteiger partial charge in [0.25, 0.3) is 5.91 Å². The van der Waals surface area contributed by atoms with Crippen LogP contribution in [0.15, 0.2) is 34.7 Å². The minimum atomic E-state index is 0. The highest BCUT2D eigenvalue weighted by Gasteiger charge is 2.26. The highest BCUT2D eigenvalue weighted by atomic mass is 35.5. The van der Waals surface area contributed by atoms with E-state index in [-0.39, 0.29) is 18.3 Å². The molecule has 1 atom stereocenters. The molecule has 5 heteroatoms. The van der Waals surface area contributed by atoms with Crippen LogP contribution in [0.1, 0.15) is 23.4 Å². The molecule has 1 aliphatic heterocycles. The third-order valence-electron chi connectivity index (χ3n) is 3.94. The molecule has 0 saturated carbocycles. The average molecular weight is 309 g/mol. The molecular weight excluding hydrogens is 288 g/mol. The van der Waals surface area contributed by atoms with E-state index in [1.807, 2.05) is 42.3 Å². The number of nitrogens with zero attached hydrogens (tertiary/aromatic N) is 1. The molecule has 1 saturated heterocycles. The van der Waals surface area contributed by atoms with Crippen molar-refractivity contribution in [2.75, 3.05) is 26.7 Å². The van der Waals surface area contributed by atoms with Gasteiger partial charge in [-0.25, -0.2) is 0 Å². The molecule has 2 aromatic rings. The summed E-state index contributed by atoms with van der Waals surface area (Å²) in [5.74, 6) is 1.01. The van der Waals surface area contributed by atoms with E-state index >= 15 is 0 Å². The largest absolute Gasteiger partial charge is 0.451 e. The van der Waals surface area contributed by atoms with Crippen LogP contribution in [0, 0.1) is 5.92 Å². The molecule has 1 N–H and O–H groups in total. The number of nitrogens with one attached hydrogen (secondary N) is 1. The van der Waals surface area contributed by atoms with Gasteiger partial charge in [0, 0.05) is 18.5 Å². The van der Waals surface area contributed by atoms with Crippen molar-refractivity contribution in [2.24, 2.45) is 5.92 Å². The van der Waals surface area contributed by atoms with E-state index in [9.17, 15) is 4.79 Å². The topological polar surface area (TPSA) is 45.5 Å². The van der Waals surface area contributed by atoms with Gasteiger partial charge < -0.3 is 14.6 Å². The van der Waals surface area contributed by atoms with Gasteiger partial charge in [0.1, 0.15) is 5.58 Å². The summed E-state index contributed by atoms with van der Waals surface area (Å²) in [4.78, 5) is 14.5. The highest BCUT2D eigenvalue weighted by molar-refractivity contribution is 5.96. The Morgan fingerprint density at radius 2 is 2.24 bits per heavy atom. The zero-order chi connectivity index (χ0) is 13.9. The Bertz CT molecular complexity index is 576. The molecule has 0 spiro atoms. The van der Waals surface area contributed by atoms with Gasteiger partial charge in [0.15, 0.2) is 5.76 Å². The molecule has 0 bridgehead atoms. The Balaban J connectivity index is 0.00000161. The van der Waals surface area contributed by atoms with Gasteiger partial charge in [0.2, 0.25) is 0 Å². The molecular formula is C16H21ClN2O2. The van der Waals surface area contributed by atoms with Gasteiger partial charge in [-0.05, 0) is 44.5 Å². The Kier molecular flexibility index (Phi) is 5.26. The van der Waals surface area contributed by atoms with Crippen LogP contribution in [0.5, 0.6) is 0 Å². The first-order valence-electron chi connectivity index (χ1n) is 7.20. The van der Waals surface area contributed by atoms with E-state index in [4.69, 9.17) is 4.42 Å². The fraction of sp³-hybridized carbons (Fsp3) is 0.438. The zero-order valence-electron chi connectivity index (χ0n) is 12.2. The number of rotatable bonds is 3. The molecule has 1 aromatic carbocycles. The lowest BCUT2D eigenvalue weighted by atomic mass is 9.98. The number of halogens is 1. The summed E-state index contributed by atoms with van der Waals surface area (Å²) in [6.07, 6.45) is 2.25. The summed E-state index contributed by atoms with van der Waals surface area (Å²) in [6, 6.07) is 9.58. The Morgan fingerprint density at radius 1 is 1.43 bits per heavy atom. The van der Waals surface area contributed by atoms with Crippen LogP contribution in [0.25, 0.3) is 11.0 Å². The lowest BCUT2D eigenvalue weighted by molar-refractivity contribution is 0.0644. The number of carbonyl (C=O) groups is 1. The number of likely N-dealkylation sites (tertiary alicyclic amines) is 1. The van der Waals surface area contributed by atoms with E-state index in [1.165, 1.54) is 6.42 Å². The van der Waals surface area contributed by atoms with Crippen LogP contribution in [0.2, 0.25) is 0 Å². The molecule has 21 heavy (non-hydrogen) atoms. The van der Waals surface area contributed by atoms with Gasteiger partial charge in [0.05, 0.1) is 0 Å². The molecule has 1 unspecified atom stereocenters. The number of hydrogen-bond acceptors (Lipinski definition) is 3. The molecule has 1 aromatic heterocycles. The van der Waals surface area contributed by atoms with Crippen LogP contribution in [0.3, 0.4) is 0 Å². The van der Waals surface area contributed by atoms with Crippen molar-refractivity contribution in [3.8, 4) is 0 Å². The number of benzene rings is 1. The maximum Gasteiger partial charge on any atom is 0.289 e. The average Bonchev–Trinajstić information content (AvgIpc) is 2.91. The number of piperidine rings is 1. The van der Waals surface area contributed by atoms with Crippen LogP contribution in [-0.2, 0) is 0 Å². The summed E-state index contributed by atoms with van der Waals surface area (Å²) in [7, 11) is 1.96. The van der Waals surface area contributed by atoms with E-state index in [1.54, 1.807) is 0 Å². The predicted octanol–water partition coefficient (Wildman–Crippen LogP) is 2.93. The third kappa shape index (κ3) is 3.39. The third-order valence-corrected chi connectivity index (χ3v) is 3.94. The van der Waals surface area contributed by atoms with E-state index in [0.717, 1.165) is 37.0 Å². The second kappa shape index (κ2) is 6.96. The van der Waals surface area contributed by atoms with Crippen molar-refractivity contribution in [1.82, 2.24) is 10.2 Å². The summed E-state index contributed by atoms with van der Waals surface area (Å²) < 4.78 is 5.67. The fourth-order valence-corrected chi connectivity index (χ4v) is 2.95. The number of fused-ring (bicyclic) bond motifs is 1. The molecule has 2 heterocycles. The van der Waals surface area contributed by atoms with Crippen molar-refractivity contribution >= 4 is 29.3 Å². The van der Waals surface area contributed by atoms with Crippen molar-refractivity contribution in [1.29, 1.82) is 0 Å².